The molecule has 1 fully saturated rings. The van der Waals surface area contributed by atoms with Crippen molar-refractivity contribution in [1.29, 1.82) is 0 Å². The van der Waals surface area contributed by atoms with Gasteiger partial charge in [-0.1, -0.05) is 16.8 Å². The maximum absolute atomic E-state index is 12.9. The molecule has 152 valence electrons. The molecule has 0 atom stereocenters. The number of hydrogen-bond acceptors (Lipinski definition) is 7. The summed E-state index contributed by atoms with van der Waals surface area (Å²) in [4.78, 5) is 14.4. The van der Waals surface area contributed by atoms with Crippen molar-refractivity contribution in [3.8, 4) is 11.5 Å². The Morgan fingerprint density at radius 2 is 1.89 bits per heavy atom. The highest BCUT2D eigenvalue weighted by Crippen LogP contribution is 2.35. The van der Waals surface area contributed by atoms with Gasteiger partial charge >= 0.3 is 0 Å². The Balaban J connectivity index is 1.75. The fraction of sp³-hybridized carbons (Fsp3) is 0.412. The zero-order chi connectivity index (χ0) is 20.6. The molecule has 28 heavy (non-hydrogen) atoms. The van der Waals surface area contributed by atoms with Gasteiger partial charge in [-0.25, -0.2) is 8.42 Å². The molecule has 1 aromatic carbocycles. The Kier molecular flexibility index (Phi) is 5.55. The van der Waals surface area contributed by atoms with E-state index >= 15 is 0 Å². The maximum Gasteiger partial charge on any atom is 0.254 e. The lowest BCUT2D eigenvalue weighted by atomic mass is 10.1. The number of carbonyl (C=O) groups excluding carboxylic acids is 1. The number of ether oxygens (including phenoxy) is 1. The summed E-state index contributed by atoms with van der Waals surface area (Å²) in [7, 11) is -2.39. The summed E-state index contributed by atoms with van der Waals surface area (Å²) in [6.07, 6.45) is 0. The van der Waals surface area contributed by atoms with Gasteiger partial charge in [0.15, 0.2) is 17.3 Å². The van der Waals surface area contributed by atoms with E-state index in [4.69, 9.17) is 20.9 Å². The minimum Gasteiger partial charge on any atom is -0.503 e. The molecule has 2 aromatic rings. The summed E-state index contributed by atoms with van der Waals surface area (Å²) < 4.78 is 37.0. The number of phenols is 1. The third kappa shape index (κ3) is 3.54. The summed E-state index contributed by atoms with van der Waals surface area (Å²) in [6.45, 7) is 3.83. The Hall–Kier alpha value is -2.30. The summed E-state index contributed by atoms with van der Waals surface area (Å²) >= 11 is 5.95. The van der Waals surface area contributed by atoms with Crippen LogP contribution in [0.25, 0.3) is 0 Å². The molecule has 9 nitrogen and oxygen atoms in total. The zero-order valence-corrected chi connectivity index (χ0v) is 17.2. The smallest absolute Gasteiger partial charge is 0.254 e. The van der Waals surface area contributed by atoms with Crippen LogP contribution in [0.3, 0.4) is 0 Å². The van der Waals surface area contributed by atoms with Gasteiger partial charge in [0.1, 0.15) is 10.6 Å². The van der Waals surface area contributed by atoms with E-state index in [0.29, 0.717) is 5.69 Å². The third-order valence-electron chi connectivity index (χ3n) is 4.59. The van der Waals surface area contributed by atoms with E-state index < -0.39 is 10.0 Å². The number of phenolic OH excluding ortho intramolecular Hbond substituents is 1. The third-order valence-corrected chi connectivity index (χ3v) is 7.02. The van der Waals surface area contributed by atoms with Gasteiger partial charge in [-0.2, -0.15) is 4.31 Å². The molecule has 0 spiro atoms. The minimum atomic E-state index is -3.75. The van der Waals surface area contributed by atoms with Crippen LogP contribution in [0.2, 0.25) is 5.02 Å². The molecule has 0 unspecified atom stereocenters. The number of aromatic hydroxyl groups is 1. The molecule has 2 heterocycles. The van der Waals surface area contributed by atoms with E-state index in [1.54, 1.807) is 13.8 Å². The van der Waals surface area contributed by atoms with Gasteiger partial charge in [-0.3, -0.25) is 4.79 Å². The number of carbonyl (C=O) groups is 1. The van der Waals surface area contributed by atoms with Crippen LogP contribution < -0.4 is 4.74 Å². The van der Waals surface area contributed by atoms with Gasteiger partial charge in [0.25, 0.3) is 5.91 Å². The molecule has 0 saturated carbocycles. The Bertz CT molecular complexity index is 993. The van der Waals surface area contributed by atoms with Crippen molar-refractivity contribution in [2.75, 3.05) is 33.3 Å². The van der Waals surface area contributed by atoms with Crippen molar-refractivity contribution in [2.24, 2.45) is 0 Å². The van der Waals surface area contributed by atoms with Gasteiger partial charge in [0, 0.05) is 31.7 Å². The number of aryl methyl sites for hydroxylation is 2. The number of aromatic nitrogens is 1. The van der Waals surface area contributed by atoms with Crippen LogP contribution in [-0.2, 0) is 10.0 Å². The lowest BCUT2D eigenvalue weighted by molar-refractivity contribution is 0.0697. The first-order valence-corrected chi connectivity index (χ1v) is 10.3. The Labute approximate surface area is 167 Å². The molecular formula is C17H20ClN3O6S. The first kappa shape index (κ1) is 20.4. The second-order valence-corrected chi connectivity index (χ2v) is 8.64. The molecule has 1 aliphatic rings. The van der Waals surface area contributed by atoms with Crippen molar-refractivity contribution in [2.45, 2.75) is 18.7 Å². The van der Waals surface area contributed by atoms with E-state index in [1.807, 2.05) is 0 Å². The molecule has 0 bridgehead atoms. The Morgan fingerprint density at radius 3 is 2.43 bits per heavy atom. The number of hydrogen-bond donors (Lipinski definition) is 1. The van der Waals surface area contributed by atoms with Gasteiger partial charge in [0.2, 0.25) is 10.0 Å². The average Bonchev–Trinajstić information content (AvgIpc) is 3.02. The number of piperazine rings is 1. The van der Waals surface area contributed by atoms with E-state index in [0.717, 1.165) is 0 Å². The fourth-order valence-corrected chi connectivity index (χ4v) is 5.06. The van der Waals surface area contributed by atoms with Crippen LogP contribution in [0.5, 0.6) is 11.5 Å². The number of halogens is 1. The SMILES string of the molecule is COc1cc(C(=O)N2CCN(S(=O)(=O)c3c(C)noc3C)CC2)cc(Cl)c1O. The lowest BCUT2D eigenvalue weighted by Crippen LogP contribution is -2.50. The van der Waals surface area contributed by atoms with Crippen LogP contribution in [-0.4, -0.2) is 67.1 Å². The van der Waals surface area contributed by atoms with Crippen LogP contribution in [0.1, 0.15) is 21.8 Å². The van der Waals surface area contributed by atoms with Gasteiger partial charge in [-0.05, 0) is 26.0 Å². The molecule has 0 aliphatic carbocycles. The highest BCUT2D eigenvalue weighted by atomic mass is 35.5. The molecule has 1 aromatic heterocycles. The predicted octanol–water partition coefficient (Wildman–Crippen LogP) is 1.81. The van der Waals surface area contributed by atoms with Crippen molar-refractivity contribution in [1.82, 2.24) is 14.4 Å². The van der Waals surface area contributed by atoms with E-state index in [9.17, 15) is 18.3 Å². The number of rotatable bonds is 4. The summed E-state index contributed by atoms with van der Waals surface area (Å²) in [6, 6.07) is 2.76. The maximum atomic E-state index is 12.9. The van der Waals surface area contributed by atoms with Gasteiger partial charge in [0.05, 0.1) is 12.1 Å². The molecule has 0 radical (unpaired) electrons. The highest BCUT2D eigenvalue weighted by Gasteiger charge is 2.34. The highest BCUT2D eigenvalue weighted by molar-refractivity contribution is 7.89. The molecule has 1 N–H and O–H groups in total. The standard InChI is InChI=1S/C17H20ClN3O6S/c1-10-16(11(2)27-19-10)28(24,25)21-6-4-20(5-7-21)17(23)12-8-13(18)15(22)14(9-12)26-3/h8-9,22H,4-7H2,1-3H3. The van der Waals surface area contributed by atoms with E-state index in [2.05, 4.69) is 5.16 Å². The van der Waals surface area contributed by atoms with Crippen LogP contribution in [0.15, 0.2) is 21.6 Å². The van der Waals surface area contributed by atoms with Crippen molar-refractivity contribution in [3.05, 3.63) is 34.2 Å². The lowest BCUT2D eigenvalue weighted by Gasteiger charge is -2.34. The van der Waals surface area contributed by atoms with E-state index in [1.165, 1.54) is 28.4 Å². The quantitative estimate of drug-likeness (QED) is 0.788. The van der Waals surface area contributed by atoms with Crippen LogP contribution >= 0.6 is 11.6 Å². The van der Waals surface area contributed by atoms with Crippen LogP contribution in [0, 0.1) is 13.8 Å². The van der Waals surface area contributed by atoms with E-state index in [-0.39, 0.29) is 64.8 Å². The number of amides is 1. The Morgan fingerprint density at radius 1 is 1.25 bits per heavy atom. The molecule has 3 rings (SSSR count). The molecule has 11 heteroatoms. The first-order valence-electron chi connectivity index (χ1n) is 8.45. The second kappa shape index (κ2) is 7.61. The zero-order valence-electron chi connectivity index (χ0n) is 15.6. The largest absolute Gasteiger partial charge is 0.503 e. The molecule has 1 saturated heterocycles. The van der Waals surface area contributed by atoms with Gasteiger partial charge in [-0.15, -0.1) is 0 Å². The summed E-state index contributed by atoms with van der Waals surface area (Å²) in [5.74, 6) is -0.233. The summed E-state index contributed by atoms with van der Waals surface area (Å²) in [5.41, 5.74) is 0.559. The van der Waals surface area contributed by atoms with Crippen molar-refractivity contribution < 1.29 is 27.6 Å². The van der Waals surface area contributed by atoms with Crippen molar-refractivity contribution >= 4 is 27.5 Å². The number of nitrogens with zero attached hydrogens (tertiary/aromatic N) is 3. The summed E-state index contributed by atoms with van der Waals surface area (Å²) in [5, 5.41) is 13.5. The average molecular weight is 430 g/mol. The number of benzene rings is 1. The predicted molar refractivity (Wildman–Crippen MR) is 100 cm³/mol. The first-order chi connectivity index (χ1) is 13.2. The fourth-order valence-electron chi connectivity index (χ4n) is 3.14. The second-order valence-electron chi connectivity index (χ2n) is 6.36. The van der Waals surface area contributed by atoms with Crippen LogP contribution in [0.4, 0.5) is 0 Å². The normalized spacial score (nSPS) is 15.6. The van der Waals surface area contributed by atoms with Gasteiger partial charge < -0.3 is 19.3 Å². The molecular weight excluding hydrogens is 410 g/mol. The van der Waals surface area contributed by atoms with Crippen molar-refractivity contribution in [3.63, 3.8) is 0 Å². The molecule has 1 aliphatic heterocycles. The minimum absolute atomic E-state index is 0.00215. The number of sulfonamides is 1. The monoisotopic (exact) mass is 429 g/mol. The molecule has 1 amide bonds. The topological polar surface area (TPSA) is 113 Å². The number of methoxy groups -OCH3 is 1.